The van der Waals surface area contributed by atoms with Crippen molar-refractivity contribution in [2.75, 3.05) is 13.1 Å². The minimum Gasteiger partial charge on any atom is -0.395 e. The summed E-state index contributed by atoms with van der Waals surface area (Å²) in [7, 11) is 0. The van der Waals surface area contributed by atoms with Crippen molar-refractivity contribution < 1.29 is 27.0 Å². The first-order valence-electron chi connectivity index (χ1n) is 8.76. The molecule has 0 saturated carbocycles. The molecule has 0 radical (unpaired) electrons. The number of hydrogen-bond donors (Lipinski definition) is 0. The number of piperidine rings is 1. The lowest BCUT2D eigenvalue weighted by molar-refractivity contribution is -0.286. The van der Waals surface area contributed by atoms with Crippen LogP contribution < -0.4 is 9.47 Å². The molecular weight excluding hydrogens is 382 g/mol. The Morgan fingerprint density at radius 3 is 2.75 bits per heavy atom. The topological polar surface area (TPSA) is 64.8 Å². The predicted octanol–water partition coefficient (Wildman–Crippen LogP) is 3.14. The van der Waals surface area contributed by atoms with Gasteiger partial charge in [0.15, 0.2) is 23.0 Å². The van der Waals surface area contributed by atoms with Crippen LogP contribution in [0.4, 0.5) is 17.6 Å². The van der Waals surface area contributed by atoms with Crippen molar-refractivity contribution in [3.63, 3.8) is 0 Å². The van der Waals surface area contributed by atoms with E-state index >= 15 is 0 Å². The SMILES string of the molecule is Cc1nc2c3c(ccc2c2nc(CN4CCCC(F)(F)C4)nn12)OC(F)(F)O3. The summed E-state index contributed by atoms with van der Waals surface area (Å²) in [5, 5.41) is 4.81. The van der Waals surface area contributed by atoms with Gasteiger partial charge in [0.1, 0.15) is 11.3 Å². The van der Waals surface area contributed by atoms with Crippen LogP contribution in [-0.2, 0) is 6.54 Å². The molecule has 0 aliphatic carbocycles. The van der Waals surface area contributed by atoms with Crippen molar-refractivity contribution in [3.8, 4) is 11.5 Å². The third kappa shape index (κ3) is 2.81. The van der Waals surface area contributed by atoms with Crippen LogP contribution >= 0.6 is 0 Å². The van der Waals surface area contributed by atoms with E-state index in [1.807, 2.05) is 0 Å². The lowest BCUT2D eigenvalue weighted by Gasteiger charge is -2.31. The highest BCUT2D eigenvalue weighted by Gasteiger charge is 2.45. The molecule has 1 fully saturated rings. The van der Waals surface area contributed by atoms with Crippen molar-refractivity contribution in [2.24, 2.45) is 0 Å². The maximum atomic E-state index is 13.6. The molecule has 4 heterocycles. The highest BCUT2D eigenvalue weighted by atomic mass is 19.3. The van der Waals surface area contributed by atoms with E-state index in [9.17, 15) is 17.6 Å². The Balaban J connectivity index is 1.57. The predicted molar refractivity (Wildman–Crippen MR) is 88.7 cm³/mol. The second-order valence-corrected chi connectivity index (χ2v) is 7.05. The molecule has 2 aliphatic rings. The smallest absolute Gasteiger partial charge is 0.395 e. The summed E-state index contributed by atoms with van der Waals surface area (Å²) >= 11 is 0. The number of hydrogen-bond acceptors (Lipinski definition) is 6. The van der Waals surface area contributed by atoms with Crippen LogP contribution in [0.5, 0.6) is 11.5 Å². The summed E-state index contributed by atoms with van der Waals surface area (Å²) in [6.45, 7) is 2.01. The van der Waals surface area contributed by atoms with Gasteiger partial charge < -0.3 is 9.47 Å². The van der Waals surface area contributed by atoms with Crippen LogP contribution in [0.25, 0.3) is 16.6 Å². The maximum absolute atomic E-state index is 13.6. The molecule has 11 heteroatoms. The fourth-order valence-electron chi connectivity index (χ4n) is 3.70. The van der Waals surface area contributed by atoms with Crippen molar-refractivity contribution in [1.82, 2.24) is 24.5 Å². The number of aryl methyl sites for hydroxylation is 1. The Labute approximate surface area is 155 Å². The molecule has 0 spiro atoms. The van der Waals surface area contributed by atoms with E-state index in [1.54, 1.807) is 17.9 Å². The van der Waals surface area contributed by atoms with Gasteiger partial charge in [-0.2, -0.15) is 4.52 Å². The Morgan fingerprint density at radius 1 is 1.14 bits per heavy atom. The summed E-state index contributed by atoms with van der Waals surface area (Å²) in [6, 6.07) is 2.91. The number of alkyl halides is 4. The van der Waals surface area contributed by atoms with E-state index in [2.05, 4.69) is 24.5 Å². The molecule has 7 nitrogen and oxygen atoms in total. The highest BCUT2D eigenvalue weighted by molar-refractivity contribution is 5.96. The fraction of sp³-hybridized carbons (Fsp3) is 0.471. The standard InChI is InChI=1S/C17H15F4N5O2/c1-9-22-13-10(3-4-11-14(13)28-17(20,21)27-11)15-23-12(24-26(9)15)7-25-6-2-5-16(18,19)8-25/h3-4H,2,5-8H2,1H3. The van der Waals surface area contributed by atoms with Crippen molar-refractivity contribution in [2.45, 2.75) is 38.5 Å². The Hall–Kier alpha value is -2.69. The van der Waals surface area contributed by atoms with Crippen LogP contribution in [0.15, 0.2) is 12.1 Å². The molecule has 0 amide bonds. The zero-order valence-corrected chi connectivity index (χ0v) is 14.8. The van der Waals surface area contributed by atoms with Gasteiger partial charge in [-0.1, -0.05) is 0 Å². The van der Waals surface area contributed by atoms with Crippen LogP contribution in [0, 0.1) is 6.92 Å². The second-order valence-electron chi connectivity index (χ2n) is 7.05. The fourth-order valence-corrected chi connectivity index (χ4v) is 3.70. The third-order valence-electron chi connectivity index (χ3n) is 4.85. The van der Waals surface area contributed by atoms with Gasteiger partial charge in [0.05, 0.1) is 13.1 Å². The summed E-state index contributed by atoms with van der Waals surface area (Å²) < 4.78 is 64.7. The molecule has 148 valence electrons. The Bertz CT molecular complexity index is 1100. The van der Waals surface area contributed by atoms with Crippen LogP contribution in [0.1, 0.15) is 24.5 Å². The quantitative estimate of drug-likeness (QED) is 0.619. The molecule has 1 aromatic carbocycles. The molecule has 1 saturated heterocycles. The monoisotopic (exact) mass is 397 g/mol. The number of halogens is 4. The molecule has 5 rings (SSSR count). The molecule has 3 aromatic rings. The van der Waals surface area contributed by atoms with Gasteiger partial charge in [-0.25, -0.2) is 18.7 Å². The van der Waals surface area contributed by atoms with Crippen LogP contribution in [0.3, 0.4) is 0 Å². The summed E-state index contributed by atoms with van der Waals surface area (Å²) in [4.78, 5) is 10.4. The van der Waals surface area contributed by atoms with Gasteiger partial charge in [-0.15, -0.1) is 13.9 Å². The summed E-state index contributed by atoms with van der Waals surface area (Å²) in [6.07, 6.45) is -3.47. The average molecular weight is 397 g/mol. The normalized spacial score (nSPS) is 20.9. The number of fused-ring (bicyclic) bond motifs is 5. The second kappa shape index (κ2) is 5.66. The lowest BCUT2D eigenvalue weighted by atomic mass is 10.1. The number of rotatable bonds is 2. The largest absolute Gasteiger partial charge is 0.586 e. The van der Waals surface area contributed by atoms with Gasteiger partial charge in [0, 0.05) is 11.8 Å². The maximum Gasteiger partial charge on any atom is 0.586 e. The number of aromatic nitrogens is 4. The van der Waals surface area contributed by atoms with Crippen molar-refractivity contribution in [1.29, 1.82) is 0 Å². The molecule has 0 unspecified atom stereocenters. The number of nitrogens with zero attached hydrogens (tertiary/aromatic N) is 5. The van der Waals surface area contributed by atoms with Crippen LogP contribution in [0.2, 0.25) is 0 Å². The van der Waals surface area contributed by atoms with E-state index in [-0.39, 0.29) is 36.5 Å². The van der Waals surface area contributed by atoms with Gasteiger partial charge in [-0.05, 0) is 32.0 Å². The lowest BCUT2D eigenvalue weighted by Crippen LogP contribution is -2.42. The minimum absolute atomic E-state index is 0.107. The molecule has 2 aliphatic heterocycles. The van der Waals surface area contributed by atoms with Gasteiger partial charge in [0.2, 0.25) is 0 Å². The minimum atomic E-state index is -3.75. The van der Waals surface area contributed by atoms with Crippen molar-refractivity contribution >= 4 is 16.6 Å². The third-order valence-corrected chi connectivity index (χ3v) is 4.85. The van der Waals surface area contributed by atoms with Gasteiger partial charge >= 0.3 is 6.29 Å². The molecule has 28 heavy (non-hydrogen) atoms. The van der Waals surface area contributed by atoms with Crippen molar-refractivity contribution in [3.05, 3.63) is 23.8 Å². The first-order chi connectivity index (χ1) is 13.2. The van der Waals surface area contributed by atoms with E-state index in [0.717, 1.165) is 0 Å². The van der Waals surface area contributed by atoms with E-state index in [0.29, 0.717) is 35.6 Å². The first-order valence-corrected chi connectivity index (χ1v) is 8.76. The molecular formula is C17H15F4N5O2. The molecule has 0 N–H and O–H groups in total. The first kappa shape index (κ1) is 17.4. The van der Waals surface area contributed by atoms with Gasteiger partial charge in [0.25, 0.3) is 5.92 Å². The Morgan fingerprint density at radius 2 is 1.96 bits per heavy atom. The summed E-state index contributed by atoms with van der Waals surface area (Å²) in [5.41, 5.74) is 0.575. The Kier molecular flexibility index (Phi) is 3.52. The van der Waals surface area contributed by atoms with E-state index in [1.165, 1.54) is 10.6 Å². The zero-order valence-electron chi connectivity index (χ0n) is 14.8. The highest BCUT2D eigenvalue weighted by Crippen LogP contribution is 2.45. The molecule has 2 aromatic heterocycles. The molecule has 0 bridgehead atoms. The van der Waals surface area contributed by atoms with Gasteiger partial charge in [-0.3, -0.25) is 4.90 Å². The summed E-state index contributed by atoms with van der Waals surface area (Å²) in [5.74, 6) is -2.22. The van der Waals surface area contributed by atoms with Crippen LogP contribution in [-0.4, -0.2) is 49.8 Å². The molecule has 0 atom stereocenters. The van der Waals surface area contributed by atoms with E-state index in [4.69, 9.17) is 0 Å². The average Bonchev–Trinajstić information content (AvgIpc) is 3.14. The number of benzene rings is 1. The number of likely N-dealkylation sites (tertiary alicyclic amines) is 1. The van der Waals surface area contributed by atoms with E-state index < -0.39 is 12.2 Å². The number of ether oxygens (including phenoxy) is 2. The zero-order chi connectivity index (χ0) is 19.7.